The maximum atomic E-state index is 13.7. The fraction of sp³-hybridized carbons (Fsp3) is 0.263. The van der Waals surface area contributed by atoms with Gasteiger partial charge >= 0.3 is 5.97 Å². The zero-order valence-electron chi connectivity index (χ0n) is 15.1. The van der Waals surface area contributed by atoms with E-state index in [1.165, 1.54) is 24.0 Å². The molecule has 1 aliphatic rings. The van der Waals surface area contributed by atoms with E-state index in [-0.39, 0.29) is 0 Å². The number of esters is 1. The Bertz CT molecular complexity index is 1010. The first-order valence-electron chi connectivity index (χ1n) is 8.61. The molecule has 0 radical (unpaired) electrons. The van der Waals surface area contributed by atoms with E-state index < -0.39 is 45.3 Å². The van der Waals surface area contributed by atoms with Crippen LogP contribution in [0.5, 0.6) is 0 Å². The Labute approximate surface area is 162 Å². The zero-order valence-corrected chi connectivity index (χ0v) is 15.9. The molecule has 1 aliphatic heterocycles. The summed E-state index contributed by atoms with van der Waals surface area (Å²) in [6.45, 7) is 1.24. The highest BCUT2D eigenvalue weighted by Gasteiger charge is 2.28. The number of nitrogens with one attached hydrogen (secondary N) is 1. The molecule has 28 heavy (non-hydrogen) atoms. The van der Waals surface area contributed by atoms with E-state index in [4.69, 9.17) is 4.74 Å². The summed E-state index contributed by atoms with van der Waals surface area (Å²) < 4.78 is 45.1. The third kappa shape index (κ3) is 4.20. The van der Waals surface area contributed by atoms with E-state index in [2.05, 4.69) is 4.72 Å². The first kappa shape index (κ1) is 20.0. The lowest BCUT2D eigenvalue weighted by Crippen LogP contribution is -2.41. The fourth-order valence-electron chi connectivity index (χ4n) is 2.94. The second-order valence-electron chi connectivity index (χ2n) is 6.31. The van der Waals surface area contributed by atoms with Crippen LogP contribution in [-0.4, -0.2) is 39.5 Å². The van der Waals surface area contributed by atoms with Crippen molar-refractivity contribution in [2.24, 2.45) is 0 Å². The maximum Gasteiger partial charge on any atom is 0.324 e. The van der Waals surface area contributed by atoms with Crippen LogP contribution in [0.2, 0.25) is 0 Å². The number of hydrogen-bond donors (Lipinski definition) is 1. The van der Waals surface area contributed by atoms with Crippen LogP contribution in [0.3, 0.4) is 0 Å². The smallest absolute Gasteiger partial charge is 0.324 e. The Morgan fingerprint density at radius 3 is 2.61 bits per heavy atom. The summed E-state index contributed by atoms with van der Waals surface area (Å²) in [5.41, 5.74) is 1.81. The molecule has 1 heterocycles. The topological polar surface area (TPSA) is 92.8 Å². The molecule has 7 nitrogen and oxygen atoms in total. The molecule has 2 aromatic rings. The minimum atomic E-state index is -4.25. The van der Waals surface area contributed by atoms with Gasteiger partial charge in [0.25, 0.3) is 5.91 Å². The number of fused-ring (bicyclic) bond motifs is 1. The molecule has 0 aliphatic carbocycles. The SMILES string of the molecule is C[C@@H](NS(=O)(=O)c1ccccc1F)C(=O)OCC(=O)N1CCc2ccccc21. The van der Waals surface area contributed by atoms with Crippen molar-refractivity contribution in [2.45, 2.75) is 24.3 Å². The van der Waals surface area contributed by atoms with Gasteiger partial charge in [-0.1, -0.05) is 30.3 Å². The minimum Gasteiger partial charge on any atom is -0.454 e. The highest BCUT2D eigenvalue weighted by atomic mass is 32.2. The molecule has 1 N–H and O–H groups in total. The number of ether oxygens (including phenoxy) is 1. The third-order valence-electron chi connectivity index (χ3n) is 4.34. The van der Waals surface area contributed by atoms with Crippen LogP contribution < -0.4 is 9.62 Å². The number of carbonyl (C=O) groups excluding carboxylic acids is 2. The monoisotopic (exact) mass is 406 g/mol. The summed E-state index contributed by atoms with van der Waals surface area (Å²) in [5, 5.41) is 0. The minimum absolute atomic E-state index is 0.400. The highest BCUT2D eigenvalue weighted by Crippen LogP contribution is 2.27. The highest BCUT2D eigenvalue weighted by molar-refractivity contribution is 7.89. The largest absolute Gasteiger partial charge is 0.454 e. The second-order valence-corrected chi connectivity index (χ2v) is 7.99. The van der Waals surface area contributed by atoms with Gasteiger partial charge in [-0.2, -0.15) is 4.72 Å². The molecule has 0 bridgehead atoms. The number of nitrogens with zero attached hydrogens (tertiary/aromatic N) is 1. The van der Waals surface area contributed by atoms with Crippen molar-refractivity contribution in [3.63, 3.8) is 0 Å². The Morgan fingerprint density at radius 1 is 1.18 bits per heavy atom. The van der Waals surface area contributed by atoms with Crippen molar-refractivity contribution in [3.05, 3.63) is 59.9 Å². The van der Waals surface area contributed by atoms with Crippen molar-refractivity contribution < 1.29 is 27.1 Å². The van der Waals surface area contributed by atoms with Gasteiger partial charge < -0.3 is 9.64 Å². The lowest BCUT2D eigenvalue weighted by atomic mass is 10.2. The van der Waals surface area contributed by atoms with Gasteiger partial charge in [0.2, 0.25) is 10.0 Å². The van der Waals surface area contributed by atoms with Crippen LogP contribution in [0.15, 0.2) is 53.4 Å². The number of para-hydroxylation sites is 1. The van der Waals surface area contributed by atoms with Gasteiger partial charge in [-0.3, -0.25) is 9.59 Å². The van der Waals surface area contributed by atoms with E-state index >= 15 is 0 Å². The molecule has 3 rings (SSSR count). The van der Waals surface area contributed by atoms with E-state index in [0.717, 1.165) is 23.4 Å². The van der Waals surface area contributed by atoms with Crippen LogP contribution in [-0.2, 0) is 30.8 Å². The number of anilines is 1. The third-order valence-corrected chi connectivity index (χ3v) is 5.91. The van der Waals surface area contributed by atoms with E-state index in [0.29, 0.717) is 13.0 Å². The summed E-state index contributed by atoms with van der Waals surface area (Å²) >= 11 is 0. The Hall–Kier alpha value is -2.78. The standard InChI is InChI=1S/C19H19FN2O5S/c1-13(21-28(25,26)17-9-5-3-7-15(17)20)19(24)27-12-18(23)22-11-10-14-6-2-4-8-16(14)22/h2-9,13,21H,10-12H2,1H3/t13-/m1/s1. The maximum absolute atomic E-state index is 13.7. The average Bonchev–Trinajstić information content (AvgIpc) is 3.10. The molecule has 0 saturated heterocycles. The number of carbonyl (C=O) groups is 2. The van der Waals surface area contributed by atoms with Gasteiger partial charge in [0.1, 0.15) is 16.8 Å². The molecular weight excluding hydrogens is 387 g/mol. The van der Waals surface area contributed by atoms with Crippen molar-refractivity contribution in [1.82, 2.24) is 4.72 Å². The fourth-order valence-corrected chi connectivity index (χ4v) is 4.21. The Balaban J connectivity index is 1.58. The first-order valence-corrected chi connectivity index (χ1v) is 10.1. The van der Waals surface area contributed by atoms with Crippen molar-refractivity contribution in [1.29, 1.82) is 0 Å². The molecule has 0 spiro atoms. The van der Waals surface area contributed by atoms with Gasteiger partial charge in [-0.25, -0.2) is 12.8 Å². The van der Waals surface area contributed by atoms with Crippen LogP contribution >= 0.6 is 0 Å². The molecule has 9 heteroatoms. The Morgan fingerprint density at radius 2 is 1.86 bits per heavy atom. The molecule has 1 atom stereocenters. The second kappa shape index (κ2) is 8.07. The lowest BCUT2D eigenvalue weighted by molar-refractivity contribution is -0.149. The summed E-state index contributed by atoms with van der Waals surface area (Å²) in [7, 11) is -4.25. The number of halogens is 1. The van der Waals surface area contributed by atoms with Crippen LogP contribution in [0.25, 0.3) is 0 Å². The molecule has 0 unspecified atom stereocenters. The summed E-state index contributed by atoms with van der Waals surface area (Å²) in [6, 6.07) is 11.0. The number of hydrogen-bond acceptors (Lipinski definition) is 5. The van der Waals surface area contributed by atoms with Crippen molar-refractivity contribution in [3.8, 4) is 0 Å². The van der Waals surface area contributed by atoms with Gasteiger partial charge in [0.15, 0.2) is 6.61 Å². The van der Waals surface area contributed by atoms with Gasteiger partial charge in [0, 0.05) is 12.2 Å². The van der Waals surface area contributed by atoms with Crippen LogP contribution in [0, 0.1) is 5.82 Å². The number of sulfonamides is 1. The molecule has 0 aromatic heterocycles. The Kier molecular flexibility index (Phi) is 5.76. The quantitative estimate of drug-likeness (QED) is 0.736. The van der Waals surface area contributed by atoms with E-state index in [1.54, 1.807) is 0 Å². The molecule has 2 aromatic carbocycles. The van der Waals surface area contributed by atoms with Gasteiger partial charge in [-0.15, -0.1) is 0 Å². The average molecular weight is 406 g/mol. The lowest BCUT2D eigenvalue weighted by Gasteiger charge is -2.18. The van der Waals surface area contributed by atoms with E-state index in [1.807, 2.05) is 24.3 Å². The number of amides is 1. The van der Waals surface area contributed by atoms with Crippen LogP contribution in [0.4, 0.5) is 10.1 Å². The molecule has 148 valence electrons. The van der Waals surface area contributed by atoms with Gasteiger partial charge in [-0.05, 0) is 37.1 Å². The normalized spacial score (nSPS) is 14.4. The first-order chi connectivity index (χ1) is 13.3. The van der Waals surface area contributed by atoms with Crippen molar-refractivity contribution in [2.75, 3.05) is 18.1 Å². The number of rotatable bonds is 6. The molecule has 0 saturated carbocycles. The van der Waals surface area contributed by atoms with E-state index in [9.17, 15) is 22.4 Å². The van der Waals surface area contributed by atoms with Gasteiger partial charge in [0.05, 0.1) is 0 Å². The summed E-state index contributed by atoms with van der Waals surface area (Å²) in [5.74, 6) is -2.26. The summed E-state index contributed by atoms with van der Waals surface area (Å²) in [6.07, 6.45) is 0.717. The van der Waals surface area contributed by atoms with Crippen molar-refractivity contribution >= 4 is 27.6 Å². The number of benzene rings is 2. The molecule has 1 amide bonds. The molecular formula is C19H19FN2O5S. The zero-order chi connectivity index (χ0) is 20.3. The predicted molar refractivity (Wildman–Crippen MR) is 99.6 cm³/mol. The van der Waals surface area contributed by atoms with Crippen LogP contribution in [0.1, 0.15) is 12.5 Å². The molecule has 0 fully saturated rings. The summed E-state index contributed by atoms with van der Waals surface area (Å²) in [4.78, 5) is 25.4. The predicted octanol–water partition coefficient (Wildman–Crippen LogP) is 1.62.